The van der Waals surface area contributed by atoms with E-state index in [1.54, 1.807) is 13.3 Å². The number of hydrogen-bond acceptors (Lipinski definition) is 4. The van der Waals surface area contributed by atoms with Crippen molar-refractivity contribution in [1.29, 1.82) is 0 Å². The number of para-hydroxylation sites is 1. The van der Waals surface area contributed by atoms with Crippen molar-refractivity contribution in [3.05, 3.63) is 53.7 Å². The maximum Gasteiger partial charge on any atom is 0.217 e. The number of aromatic nitrogens is 1. The summed E-state index contributed by atoms with van der Waals surface area (Å²) in [6.07, 6.45) is 1.72. The molecule has 2 rings (SSSR count). The van der Waals surface area contributed by atoms with Gasteiger partial charge in [-0.3, -0.25) is 0 Å². The van der Waals surface area contributed by atoms with Crippen LogP contribution in [0.5, 0.6) is 5.88 Å². The maximum atomic E-state index is 5.88. The number of nitrogen functional groups attached to an aromatic ring is 1. The Morgan fingerprint density at radius 1 is 1.11 bits per heavy atom. The Hall–Kier alpha value is -2.07. The molecule has 4 heteroatoms. The van der Waals surface area contributed by atoms with E-state index in [1.807, 2.05) is 36.4 Å². The van der Waals surface area contributed by atoms with Crippen molar-refractivity contribution in [3.63, 3.8) is 0 Å². The molecule has 3 N–H and O–H groups in total. The minimum atomic E-state index is 0.658. The van der Waals surface area contributed by atoms with Crippen LogP contribution < -0.4 is 15.8 Å². The monoisotopic (exact) mass is 243 g/mol. The second kappa shape index (κ2) is 6.02. The van der Waals surface area contributed by atoms with Crippen LogP contribution in [-0.4, -0.2) is 12.1 Å². The molecule has 4 nitrogen and oxygen atoms in total. The van der Waals surface area contributed by atoms with Crippen LogP contribution in [0.4, 0.5) is 5.69 Å². The second-order valence-electron chi connectivity index (χ2n) is 3.97. The Morgan fingerprint density at radius 3 is 2.61 bits per heavy atom. The van der Waals surface area contributed by atoms with Crippen molar-refractivity contribution in [2.24, 2.45) is 0 Å². The quantitative estimate of drug-likeness (QED) is 0.788. The molecule has 0 saturated heterocycles. The van der Waals surface area contributed by atoms with Gasteiger partial charge < -0.3 is 15.8 Å². The Labute approximate surface area is 107 Å². The van der Waals surface area contributed by atoms with Gasteiger partial charge in [0.05, 0.1) is 7.11 Å². The van der Waals surface area contributed by atoms with Crippen LogP contribution in [0.2, 0.25) is 0 Å². The molecule has 0 saturated carbocycles. The van der Waals surface area contributed by atoms with Crippen LogP contribution in [-0.2, 0) is 13.1 Å². The van der Waals surface area contributed by atoms with Gasteiger partial charge in [0.25, 0.3) is 0 Å². The van der Waals surface area contributed by atoms with Gasteiger partial charge >= 0.3 is 0 Å². The van der Waals surface area contributed by atoms with Crippen molar-refractivity contribution < 1.29 is 4.74 Å². The highest BCUT2D eigenvalue weighted by Gasteiger charge is 2.03. The summed E-state index contributed by atoms with van der Waals surface area (Å²) < 4.78 is 5.20. The van der Waals surface area contributed by atoms with Crippen molar-refractivity contribution in [2.75, 3.05) is 12.8 Å². The van der Waals surface area contributed by atoms with Crippen molar-refractivity contribution in [2.45, 2.75) is 13.1 Å². The van der Waals surface area contributed by atoms with Gasteiger partial charge in [-0.25, -0.2) is 4.98 Å². The van der Waals surface area contributed by atoms with Gasteiger partial charge in [-0.1, -0.05) is 24.3 Å². The summed E-state index contributed by atoms with van der Waals surface area (Å²) in [6.45, 7) is 1.43. The highest BCUT2D eigenvalue weighted by Crippen LogP contribution is 2.14. The van der Waals surface area contributed by atoms with E-state index in [1.165, 1.54) is 0 Å². The molecule has 0 radical (unpaired) electrons. The van der Waals surface area contributed by atoms with Crippen LogP contribution in [0.15, 0.2) is 42.6 Å². The Balaban J connectivity index is 1.95. The van der Waals surface area contributed by atoms with E-state index >= 15 is 0 Å². The van der Waals surface area contributed by atoms with Crippen LogP contribution in [0.1, 0.15) is 11.1 Å². The number of hydrogen-bond donors (Lipinski definition) is 2. The molecule has 0 spiro atoms. The molecule has 0 unspecified atom stereocenters. The number of anilines is 1. The third-order valence-corrected chi connectivity index (χ3v) is 2.73. The fourth-order valence-corrected chi connectivity index (χ4v) is 1.77. The Bertz CT molecular complexity index is 514. The van der Waals surface area contributed by atoms with E-state index in [4.69, 9.17) is 10.5 Å². The molecule has 0 fully saturated rings. The molecule has 0 atom stereocenters. The summed E-state index contributed by atoms with van der Waals surface area (Å²) >= 11 is 0. The number of nitrogens with zero attached hydrogens (tertiary/aromatic N) is 1. The SMILES string of the molecule is COc1ncccc1CNCc1ccccc1N. The lowest BCUT2D eigenvalue weighted by atomic mass is 10.2. The minimum absolute atomic E-state index is 0.658. The summed E-state index contributed by atoms with van der Waals surface area (Å²) in [5.74, 6) is 0.658. The predicted molar refractivity (Wildman–Crippen MR) is 72.2 cm³/mol. The maximum absolute atomic E-state index is 5.88. The normalized spacial score (nSPS) is 10.3. The van der Waals surface area contributed by atoms with Crippen molar-refractivity contribution in [3.8, 4) is 5.88 Å². The fraction of sp³-hybridized carbons (Fsp3) is 0.214. The van der Waals surface area contributed by atoms with Crippen LogP contribution in [0, 0.1) is 0 Å². The highest BCUT2D eigenvalue weighted by atomic mass is 16.5. The van der Waals surface area contributed by atoms with Crippen LogP contribution >= 0.6 is 0 Å². The molecule has 18 heavy (non-hydrogen) atoms. The van der Waals surface area contributed by atoms with E-state index in [2.05, 4.69) is 10.3 Å². The zero-order valence-electron chi connectivity index (χ0n) is 10.4. The molecule has 0 aliphatic carbocycles. The highest BCUT2D eigenvalue weighted by molar-refractivity contribution is 5.46. The van der Waals surface area contributed by atoms with Crippen molar-refractivity contribution in [1.82, 2.24) is 10.3 Å². The standard InChI is InChI=1S/C14H17N3O/c1-18-14-12(6-4-8-17-14)10-16-9-11-5-2-3-7-13(11)15/h2-8,16H,9-10,15H2,1H3. The number of rotatable bonds is 5. The predicted octanol–water partition coefficient (Wildman–Crippen LogP) is 1.96. The number of pyridine rings is 1. The second-order valence-corrected chi connectivity index (χ2v) is 3.97. The van der Waals surface area contributed by atoms with E-state index < -0.39 is 0 Å². The molecule has 94 valence electrons. The van der Waals surface area contributed by atoms with E-state index in [0.29, 0.717) is 12.4 Å². The topological polar surface area (TPSA) is 60.2 Å². The van der Waals surface area contributed by atoms with Gasteiger partial charge in [0.15, 0.2) is 0 Å². The molecule has 0 aliphatic heterocycles. The van der Waals surface area contributed by atoms with Gasteiger partial charge in [-0.2, -0.15) is 0 Å². The van der Waals surface area contributed by atoms with Gasteiger partial charge in [-0.15, -0.1) is 0 Å². The molecule has 1 aromatic carbocycles. The zero-order chi connectivity index (χ0) is 12.8. The van der Waals surface area contributed by atoms with Gasteiger partial charge in [0, 0.05) is 30.5 Å². The lowest BCUT2D eigenvalue weighted by molar-refractivity contribution is 0.390. The average molecular weight is 243 g/mol. The molecule has 0 amide bonds. The number of methoxy groups -OCH3 is 1. The molecule has 1 aromatic heterocycles. The molecule has 1 heterocycles. The fourth-order valence-electron chi connectivity index (χ4n) is 1.77. The first kappa shape index (κ1) is 12.4. The average Bonchev–Trinajstić information content (AvgIpc) is 2.41. The number of benzene rings is 1. The molecular weight excluding hydrogens is 226 g/mol. The molecular formula is C14H17N3O. The first-order chi connectivity index (χ1) is 8.81. The summed E-state index contributed by atoms with van der Waals surface area (Å²) in [5.41, 5.74) is 8.82. The summed E-state index contributed by atoms with van der Waals surface area (Å²) in [7, 11) is 1.63. The first-order valence-electron chi connectivity index (χ1n) is 5.83. The smallest absolute Gasteiger partial charge is 0.217 e. The largest absolute Gasteiger partial charge is 0.481 e. The molecule has 0 bridgehead atoms. The summed E-state index contributed by atoms with van der Waals surface area (Å²) in [6, 6.07) is 11.7. The summed E-state index contributed by atoms with van der Waals surface area (Å²) in [5, 5.41) is 3.33. The lowest BCUT2D eigenvalue weighted by Gasteiger charge is -2.09. The van der Waals surface area contributed by atoms with Crippen LogP contribution in [0.25, 0.3) is 0 Å². The first-order valence-corrected chi connectivity index (χ1v) is 5.83. The van der Waals surface area contributed by atoms with Gasteiger partial charge in [0.1, 0.15) is 0 Å². The Morgan fingerprint density at radius 2 is 1.83 bits per heavy atom. The Kier molecular flexibility index (Phi) is 4.15. The zero-order valence-corrected chi connectivity index (χ0v) is 10.4. The number of nitrogens with two attached hydrogens (primary N) is 1. The molecule has 2 aromatic rings. The summed E-state index contributed by atoms with van der Waals surface area (Å²) in [4.78, 5) is 4.15. The van der Waals surface area contributed by atoms with E-state index in [9.17, 15) is 0 Å². The minimum Gasteiger partial charge on any atom is -0.481 e. The van der Waals surface area contributed by atoms with Crippen LogP contribution in [0.3, 0.4) is 0 Å². The number of ether oxygens (including phenoxy) is 1. The third kappa shape index (κ3) is 2.99. The number of nitrogens with one attached hydrogen (secondary N) is 1. The third-order valence-electron chi connectivity index (χ3n) is 2.73. The van der Waals surface area contributed by atoms with Crippen molar-refractivity contribution >= 4 is 5.69 Å². The molecule has 0 aliphatic rings. The van der Waals surface area contributed by atoms with Gasteiger partial charge in [-0.05, 0) is 17.7 Å². The lowest BCUT2D eigenvalue weighted by Crippen LogP contribution is -2.14. The van der Waals surface area contributed by atoms with E-state index in [-0.39, 0.29) is 0 Å². The van der Waals surface area contributed by atoms with E-state index in [0.717, 1.165) is 23.4 Å². The van der Waals surface area contributed by atoms with Gasteiger partial charge in [0.2, 0.25) is 5.88 Å².